The number of ether oxygens (including phenoxy) is 2. The van der Waals surface area contributed by atoms with E-state index in [0.717, 1.165) is 22.7 Å². The molecule has 1 aromatic heterocycles. The number of likely N-dealkylation sites (tertiary alicyclic amines) is 1. The molecule has 0 amide bonds. The normalized spacial score (nSPS) is 22.2. The summed E-state index contributed by atoms with van der Waals surface area (Å²) in [5, 5.41) is 11.6. The second kappa shape index (κ2) is 9.01. The van der Waals surface area contributed by atoms with E-state index in [1.54, 1.807) is 6.07 Å². The number of ketones is 1. The Kier molecular flexibility index (Phi) is 6.02. The van der Waals surface area contributed by atoms with E-state index in [2.05, 4.69) is 14.4 Å². The number of aryl methyl sites for hydroxylation is 1. The Labute approximate surface area is 221 Å². The Morgan fingerprint density at radius 1 is 1.24 bits per heavy atom. The van der Waals surface area contributed by atoms with Gasteiger partial charge in [0.05, 0.1) is 29.7 Å². The van der Waals surface area contributed by atoms with Crippen LogP contribution in [0.4, 0.5) is 8.78 Å². The highest BCUT2D eigenvalue weighted by Crippen LogP contribution is 2.53. The number of carbonyl (C=O) groups is 1. The van der Waals surface area contributed by atoms with Gasteiger partial charge in [0.15, 0.2) is 11.5 Å². The number of carbonyl (C=O) groups excluding carboxylic acids is 1. The zero-order valence-corrected chi connectivity index (χ0v) is 21.6. The maximum Gasteiger partial charge on any atom is 0.586 e. The van der Waals surface area contributed by atoms with Gasteiger partial charge in [-0.3, -0.25) is 9.69 Å². The summed E-state index contributed by atoms with van der Waals surface area (Å²) in [5.74, 6) is -0.0801. The van der Waals surface area contributed by atoms with Crippen LogP contribution in [0.3, 0.4) is 0 Å². The van der Waals surface area contributed by atoms with Crippen LogP contribution in [0.25, 0.3) is 0 Å². The van der Waals surface area contributed by atoms with Crippen molar-refractivity contribution in [2.45, 2.75) is 56.5 Å². The Hall–Kier alpha value is -2.59. The molecule has 6 nitrogen and oxygen atoms in total. The summed E-state index contributed by atoms with van der Waals surface area (Å²) in [7, 11) is 0. The molecule has 0 radical (unpaired) electrons. The average Bonchev–Trinajstić information content (AvgIpc) is 3.29. The number of fused-ring (bicyclic) bond motifs is 1. The third-order valence-corrected chi connectivity index (χ3v) is 8.99. The molecule has 0 bridgehead atoms. The van der Waals surface area contributed by atoms with Crippen molar-refractivity contribution in [3.8, 4) is 11.5 Å². The molecule has 3 heterocycles. The van der Waals surface area contributed by atoms with E-state index < -0.39 is 17.8 Å². The fourth-order valence-electron chi connectivity index (χ4n) is 5.40. The predicted octanol–water partition coefficient (Wildman–Crippen LogP) is 5.43. The van der Waals surface area contributed by atoms with Crippen molar-refractivity contribution in [1.29, 1.82) is 0 Å². The Morgan fingerprint density at radius 3 is 2.70 bits per heavy atom. The van der Waals surface area contributed by atoms with Crippen LogP contribution in [-0.4, -0.2) is 46.3 Å². The first-order valence-corrected chi connectivity index (χ1v) is 13.4. The van der Waals surface area contributed by atoms with Crippen LogP contribution in [0.15, 0.2) is 42.5 Å². The Bertz CT molecular complexity index is 1380. The van der Waals surface area contributed by atoms with Crippen molar-refractivity contribution in [3.05, 3.63) is 74.2 Å². The number of aromatic nitrogens is 1. The number of aliphatic hydroxyl groups is 1. The monoisotopic (exact) mass is 546 g/mol. The van der Waals surface area contributed by atoms with Gasteiger partial charge in [-0.05, 0) is 55.5 Å². The molecular formula is C27H25ClF2N2O4S. The van der Waals surface area contributed by atoms with Gasteiger partial charge in [0.2, 0.25) is 0 Å². The molecule has 3 aromatic rings. The van der Waals surface area contributed by atoms with E-state index in [4.69, 9.17) is 16.6 Å². The number of nitrogens with zero attached hydrogens (tertiary/aromatic N) is 2. The lowest BCUT2D eigenvalue weighted by molar-refractivity contribution is -0.286. The standard InChI is InChI=1S/C27H25ClF2N2O4S/c1-15-25(24(32-11-8-17(33)14-32)18-4-2-3-5-19(18)28)37-23(31-15)13-22(34)26(9-10-26)16-6-7-20-21(12-16)36-27(29,30)35-20/h2-7,12,17,24,33H,8-11,13-14H2,1H3/t17-,24+/m0/s1. The molecule has 2 aliphatic heterocycles. The summed E-state index contributed by atoms with van der Waals surface area (Å²) in [6.07, 6.45) is -1.96. The van der Waals surface area contributed by atoms with Gasteiger partial charge in [-0.25, -0.2) is 4.98 Å². The Morgan fingerprint density at radius 2 is 2.00 bits per heavy atom. The second-order valence-corrected chi connectivity index (χ2v) is 11.5. The Balaban J connectivity index is 1.27. The number of Topliss-reactive ketones (excluding diaryl/α,β-unsaturated/α-hetero) is 1. The van der Waals surface area contributed by atoms with Gasteiger partial charge in [0.1, 0.15) is 10.8 Å². The summed E-state index contributed by atoms with van der Waals surface area (Å²) in [5.41, 5.74) is 1.70. The largest absolute Gasteiger partial charge is 0.586 e. The molecule has 37 heavy (non-hydrogen) atoms. The number of hydrogen-bond donors (Lipinski definition) is 1. The average molecular weight is 547 g/mol. The lowest BCUT2D eigenvalue weighted by atomic mass is 9.89. The topological polar surface area (TPSA) is 71.9 Å². The van der Waals surface area contributed by atoms with E-state index in [-0.39, 0.29) is 29.7 Å². The minimum Gasteiger partial charge on any atom is -0.395 e. The molecule has 194 valence electrons. The molecule has 2 atom stereocenters. The molecule has 1 saturated heterocycles. The molecule has 0 unspecified atom stereocenters. The number of halogens is 3. The molecule has 3 aliphatic rings. The first kappa shape index (κ1) is 24.7. The number of benzene rings is 2. The van der Waals surface area contributed by atoms with Gasteiger partial charge in [0, 0.05) is 23.0 Å². The van der Waals surface area contributed by atoms with Gasteiger partial charge in [-0.2, -0.15) is 0 Å². The maximum absolute atomic E-state index is 13.5. The number of alkyl halides is 2. The molecule has 1 aliphatic carbocycles. The van der Waals surface area contributed by atoms with Crippen LogP contribution in [0.5, 0.6) is 11.5 Å². The van der Waals surface area contributed by atoms with E-state index >= 15 is 0 Å². The third kappa shape index (κ3) is 4.52. The highest BCUT2D eigenvalue weighted by atomic mass is 35.5. The first-order chi connectivity index (χ1) is 17.6. The molecular weight excluding hydrogens is 522 g/mol. The molecule has 1 N–H and O–H groups in total. The van der Waals surface area contributed by atoms with E-state index in [1.807, 2.05) is 31.2 Å². The zero-order valence-electron chi connectivity index (χ0n) is 20.0. The van der Waals surface area contributed by atoms with Crippen molar-refractivity contribution in [2.24, 2.45) is 0 Å². The van der Waals surface area contributed by atoms with Crippen molar-refractivity contribution >= 4 is 28.7 Å². The number of hydrogen-bond acceptors (Lipinski definition) is 7. The van der Waals surface area contributed by atoms with Crippen molar-refractivity contribution < 1.29 is 28.2 Å². The van der Waals surface area contributed by atoms with E-state index in [0.29, 0.717) is 41.4 Å². The smallest absolute Gasteiger partial charge is 0.395 e. The van der Waals surface area contributed by atoms with Crippen LogP contribution in [0.2, 0.25) is 5.02 Å². The van der Waals surface area contributed by atoms with Crippen LogP contribution >= 0.6 is 22.9 Å². The first-order valence-electron chi connectivity index (χ1n) is 12.2. The summed E-state index contributed by atoms with van der Waals surface area (Å²) in [4.78, 5) is 21.5. The van der Waals surface area contributed by atoms with Crippen LogP contribution in [0.1, 0.15) is 52.0 Å². The van der Waals surface area contributed by atoms with Crippen LogP contribution in [0, 0.1) is 6.92 Å². The second-order valence-electron chi connectivity index (χ2n) is 9.93. The van der Waals surface area contributed by atoms with Crippen molar-refractivity contribution in [1.82, 2.24) is 9.88 Å². The SMILES string of the molecule is Cc1nc(CC(=O)C2(c3ccc4c(c3)OC(F)(F)O4)CC2)sc1[C@@H](c1ccccc1Cl)N1CC[C@H](O)C1. The highest BCUT2D eigenvalue weighted by molar-refractivity contribution is 7.12. The molecule has 10 heteroatoms. The van der Waals surface area contributed by atoms with Gasteiger partial charge in [0.25, 0.3) is 0 Å². The maximum atomic E-state index is 13.5. The van der Waals surface area contributed by atoms with Crippen LogP contribution in [-0.2, 0) is 16.6 Å². The molecule has 0 spiro atoms. The van der Waals surface area contributed by atoms with Gasteiger partial charge < -0.3 is 14.6 Å². The molecule has 1 saturated carbocycles. The number of thiazole rings is 1. The molecule has 2 aromatic carbocycles. The van der Waals surface area contributed by atoms with Crippen molar-refractivity contribution in [3.63, 3.8) is 0 Å². The number of rotatable bonds is 7. The van der Waals surface area contributed by atoms with Gasteiger partial charge in [-0.1, -0.05) is 35.9 Å². The molecule has 2 fully saturated rings. The third-order valence-electron chi connectivity index (χ3n) is 7.43. The minimum atomic E-state index is -3.69. The fraction of sp³-hybridized carbons (Fsp3) is 0.407. The summed E-state index contributed by atoms with van der Waals surface area (Å²) in [6.45, 7) is 3.20. The van der Waals surface area contributed by atoms with Crippen LogP contribution < -0.4 is 9.47 Å². The lowest BCUT2D eigenvalue weighted by Crippen LogP contribution is -2.28. The fourth-order valence-corrected chi connectivity index (χ4v) is 6.86. The lowest BCUT2D eigenvalue weighted by Gasteiger charge is -2.28. The van der Waals surface area contributed by atoms with E-state index in [9.17, 15) is 18.7 Å². The highest BCUT2D eigenvalue weighted by Gasteiger charge is 2.52. The number of β-amino-alcohol motifs (C(OH)–C–C–N with tert-alkyl or cyclic N) is 1. The number of aliphatic hydroxyl groups excluding tert-OH is 1. The van der Waals surface area contributed by atoms with Crippen molar-refractivity contribution in [2.75, 3.05) is 13.1 Å². The predicted molar refractivity (Wildman–Crippen MR) is 135 cm³/mol. The van der Waals surface area contributed by atoms with Gasteiger partial charge in [-0.15, -0.1) is 20.1 Å². The zero-order chi connectivity index (χ0) is 25.9. The summed E-state index contributed by atoms with van der Waals surface area (Å²) in [6, 6.07) is 12.1. The van der Waals surface area contributed by atoms with Gasteiger partial charge >= 0.3 is 6.29 Å². The minimum absolute atomic E-state index is 0.00399. The summed E-state index contributed by atoms with van der Waals surface area (Å²) < 4.78 is 36.0. The van der Waals surface area contributed by atoms with E-state index in [1.165, 1.54) is 23.5 Å². The summed E-state index contributed by atoms with van der Waals surface area (Å²) >= 11 is 8.08. The quantitative estimate of drug-likeness (QED) is 0.426. The molecule has 6 rings (SSSR count).